The number of carbonyl (C=O) groups is 1. The third-order valence-electron chi connectivity index (χ3n) is 5.15. The molecule has 0 saturated carbocycles. The van der Waals surface area contributed by atoms with E-state index in [9.17, 15) is 13.2 Å². The number of hydrogen-bond acceptors (Lipinski definition) is 6. The first-order valence-electron chi connectivity index (χ1n) is 9.39. The molecule has 0 N–H and O–H groups in total. The van der Waals surface area contributed by atoms with Gasteiger partial charge < -0.3 is 9.16 Å². The normalized spacial score (nSPS) is 12.6. The van der Waals surface area contributed by atoms with Crippen LogP contribution in [0.15, 0.2) is 41.3 Å². The highest BCUT2D eigenvalue weighted by Crippen LogP contribution is 2.37. The van der Waals surface area contributed by atoms with Crippen molar-refractivity contribution in [1.29, 1.82) is 0 Å². The summed E-state index contributed by atoms with van der Waals surface area (Å²) in [5.41, 5.74) is 0.926. The number of hydrogen-bond donors (Lipinski definition) is 0. The Labute approximate surface area is 174 Å². The highest BCUT2D eigenvalue weighted by molar-refractivity contribution is 7.90. The highest BCUT2D eigenvalue weighted by atomic mass is 32.2. The molecule has 0 atom stereocenters. The lowest BCUT2D eigenvalue weighted by Gasteiger charge is -2.36. The van der Waals surface area contributed by atoms with Crippen LogP contribution in [0.3, 0.4) is 0 Å². The van der Waals surface area contributed by atoms with E-state index in [1.165, 1.54) is 6.07 Å². The predicted octanol–water partition coefficient (Wildman–Crippen LogP) is 4.37. The van der Waals surface area contributed by atoms with E-state index in [0.717, 1.165) is 6.26 Å². The van der Waals surface area contributed by atoms with Crippen molar-refractivity contribution in [2.75, 3.05) is 19.5 Å². The Balaban J connectivity index is 2.31. The van der Waals surface area contributed by atoms with Crippen LogP contribution in [-0.4, -0.2) is 47.5 Å². The molecule has 0 aliphatic heterocycles. The fraction of sp³-hybridized carbons (Fsp3) is 0.429. The van der Waals surface area contributed by atoms with Crippen LogP contribution in [-0.2, 0) is 14.3 Å². The molecule has 1 aromatic heterocycles. The van der Waals surface area contributed by atoms with Gasteiger partial charge in [-0.3, -0.25) is 4.79 Å². The number of aromatic nitrogens is 1. The lowest BCUT2D eigenvalue weighted by atomic mass is 10.1. The van der Waals surface area contributed by atoms with Crippen LogP contribution in [0.1, 0.15) is 31.3 Å². The van der Waals surface area contributed by atoms with E-state index >= 15 is 0 Å². The molecule has 0 aliphatic rings. The van der Waals surface area contributed by atoms with E-state index in [1.807, 2.05) is 0 Å². The summed E-state index contributed by atoms with van der Waals surface area (Å²) in [7, 11) is -5.37. The molecule has 0 radical (unpaired) electrons. The number of sulfone groups is 1. The minimum absolute atomic E-state index is 0.0970. The summed E-state index contributed by atoms with van der Waals surface area (Å²) in [6.45, 7) is 11.6. The molecule has 158 valence electrons. The summed E-state index contributed by atoms with van der Waals surface area (Å²) in [6, 6.07) is 9.73. The third-order valence-corrected chi connectivity index (χ3v) is 10.8. The average Bonchev–Trinajstić information content (AvgIpc) is 2.63. The maximum Gasteiger partial charge on any atom is 0.192 e. The smallest absolute Gasteiger partial charge is 0.192 e. The van der Waals surface area contributed by atoms with Crippen molar-refractivity contribution in [1.82, 2.24) is 4.98 Å². The summed E-state index contributed by atoms with van der Waals surface area (Å²) in [6.07, 6.45) is 1.76. The van der Waals surface area contributed by atoms with E-state index in [-0.39, 0.29) is 15.6 Å². The fourth-order valence-corrected chi connectivity index (χ4v) is 4.40. The standard InChI is InChI=1S/C21H29NO5SSi/c1-21(2,3)29(5,6)27-14-13-26-18-12-11-16(15-23)22-20(18)17-9-7-8-10-19(17)28(4,24)25/h7-12,15H,13-14H2,1-6H3. The molecular weight excluding hydrogens is 406 g/mol. The third kappa shape index (κ3) is 5.74. The molecule has 0 amide bonds. The Bertz CT molecular complexity index is 981. The SMILES string of the molecule is CC(C)(C)[Si](C)(C)OCCOc1ccc(C=O)nc1-c1ccccc1S(C)(=O)=O. The molecule has 6 nitrogen and oxygen atoms in total. The highest BCUT2D eigenvalue weighted by Gasteiger charge is 2.36. The quantitative estimate of drug-likeness (QED) is 0.348. The van der Waals surface area contributed by atoms with E-state index in [2.05, 4.69) is 38.8 Å². The van der Waals surface area contributed by atoms with Crippen molar-refractivity contribution >= 4 is 24.4 Å². The van der Waals surface area contributed by atoms with Gasteiger partial charge in [0.15, 0.2) is 24.4 Å². The maximum atomic E-state index is 12.2. The molecule has 0 bridgehead atoms. The summed E-state index contributed by atoms with van der Waals surface area (Å²) in [5, 5.41) is 0.0970. The van der Waals surface area contributed by atoms with Crippen LogP contribution >= 0.6 is 0 Å². The number of rotatable bonds is 8. The van der Waals surface area contributed by atoms with Gasteiger partial charge in [0.2, 0.25) is 0 Å². The molecule has 1 heterocycles. The van der Waals surface area contributed by atoms with Crippen molar-refractivity contribution < 1.29 is 22.4 Å². The van der Waals surface area contributed by atoms with Crippen molar-refractivity contribution in [3.05, 3.63) is 42.1 Å². The van der Waals surface area contributed by atoms with Crippen molar-refractivity contribution in [2.45, 2.75) is 43.8 Å². The average molecular weight is 436 g/mol. The van der Waals surface area contributed by atoms with E-state index in [4.69, 9.17) is 9.16 Å². The Morgan fingerprint density at radius 2 is 1.72 bits per heavy atom. The van der Waals surface area contributed by atoms with Gasteiger partial charge in [-0.05, 0) is 36.3 Å². The monoisotopic (exact) mass is 435 g/mol. The van der Waals surface area contributed by atoms with Crippen LogP contribution in [0.25, 0.3) is 11.3 Å². The lowest BCUT2D eigenvalue weighted by molar-refractivity contribution is 0.111. The second kappa shape index (κ2) is 8.77. The summed E-state index contributed by atoms with van der Waals surface area (Å²) in [5.74, 6) is 0.408. The molecule has 0 fully saturated rings. The van der Waals surface area contributed by atoms with E-state index in [1.54, 1.807) is 30.3 Å². The van der Waals surface area contributed by atoms with E-state index in [0.29, 0.717) is 36.5 Å². The molecule has 2 rings (SSSR count). The molecule has 8 heteroatoms. The molecule has 0 spiro atoms. The van der Waals surface area contributed by atoms with Crippen molar-refractivity contribution in [3.8, 4) is 17.0 Å². The zero-order valence-electron chi connectivity index (χ0n) is 17.9. The number of carbonyl (C=O) groups excluding carboxylic acids is 1. The first kappa shape index (κ1) is 23.2. The lowest BCUT2D eigenvalue weighted by Crippen LogP contribution is -2.41. The van der Waals surface area contributed by atoms with Crippen LogP contribution < -0.4 is 4.74 Å². The second-order valence-electron chi connectivity index (χ2n) is 8.43. The van der Waals surface area contributed by atoms with Crippen LogP contribution in [0.2, 0.25) is 18.1 Å². The number of pyridine rings is 1. The first-order chi connectivity index (χ1) is 13.4. The van der Waals surface area contributed by atoms with Crippen LogP contribution in [0.5, 0.6) is 5.75 Å². The van der Waals surface area contributed by atoms with Gasteiger partial charge in [0.05, 0.1) is 11.5 Å². The van der Waals surface area contributed by atoms with Crippen LogP contribution in [0.4, 0.5) is 0 Å². The fourth-order valence-electron chi connectivity index (χ4n) is 2.49. The molecule has 0 aliphatic carbocycles. The molecule has 2 aromatic rings. The van der Waals surface area contributed by atoms with Gasteiger partial charge >= 0.3 is 0 Å². The minimum atomic E-state index is -3.48. The summed E-state index contributed by atoms with van der Waals surface area (Å²) in [4.78, 5) is 15.7. The number of aldehydes is 1. The maximum absolute atomic E-state index is 12.2. The van der Waals surface area contributed by atoms with E-state index < -0.39 is 18.2 Å². The van der Waals surface area contributed by atoms with Gasteiger partial charge in [-0.25, -0.2) is 13.4 Å². The van der Waals surface area contributed by atoms with Gasteiger partial charge in [0, 0.05) is 11.8 Å². The summed E-state index contributed by atoms with van der Waals surface area (Å²) >= 11 is 0. The molecule has 29 heavy (non-hydrogen) atoms. The first-order valence-corrected chi connectivity index (χ1v) is 14.2. The topological polar surface area (TPSA) is 82.6 Å². The van der Waals surface area contributed by atoms with Gasteiger partial charge in [-0.2, -0.15) is 0 Å². The zero-order chi connectivity index (χ0) is 21.9. The molecule has 1 aromatic carbocycles. The number of nitrogens with zero attached hydrogens (tertiary/aromatic N) is 1. The van der Waals surface area contributed by atoms with Crippen molar-refractivity contribution in [3.63, 3.8) is 0 Å². The predicted molar refractivity (Wildman–Crippen MR) is 117 cm³/mol. The van der Waals surface area contributed by atoms with Gasteiger partial charge in [-0.15, -0.1) is 0 Å². The molecule has 0 unspecified atom stereocenters. The Morgan fingerprint density at radius 1 is 1.07 bits per heavy atom. The molecular formula is C21H29NO5SSi. The summed E-state index contributed by atoms with van der Waals surface area (Å²) < 4.78 is 36.4. The number of ether oxygens (including phenoxy) is 1. The second-order valence-corrected chi connectivity index (χ2v) is 15.2. The molecule has 0 saturated heterocycles. The Morgan fingerprint density at radius 3 is 2.31 bits per heavy atom. The van der Waals surface area contributed by atoms with Gasteiger partial charge in [-0.1, -0.05) is 39.0 Å². The van der Waals surface area contributed by atoms with Crippen LogP contribution in [0, 0.1) is 0 Å². The Hall–Kier alpha value is -2.03. The Kier molecular flexibility index (Phi) is 7.03. The van der Waals surface area contributed by atoms with Gasteiger partial charge in [0.1, 0.15) is 23.7 Å². The van der Waals surface area contributed by atoms with Crippen molar-refractivity contribution in [2.24, 2.45) is 0 Å². The number of benzene rings is 1. The largest absolute Gasteiger partial charge is 0.489 e. The minimum Gasteiger partial charge on any atom is -0.489 e. The van der Waals surface area contributed by atoms with Gasteiger partial charge in [0.25, 0.3) is 0 Å². The zero-order valence-corrected chi connectivity index (χ0v) is 19.7.